The number of carbonyl (C=O) groups is 1. The van der Waals surface area contributed by atoms with Crippen molar-refractivity contribution < 1.29 is 4.79 Å². The fourth-order valence-electron chi connectivity index (χ4n) is 0.639. The van der Waals surface area contributed by atoms with Gasteiger partial charge in [-0.25, -0.2) is 4.79 Å². The molecule has 0 unspecified atom stereocenters. The maximum absolute atomic E-state index is 10.8. The van der Waals surface area contributed by atoms with E-state index in [1.807, 2.05) is 13.0 Å². The second kappa shape index (κ2) is 6.22. The Morgan fingerprint density at radius 1 is 1.50 bits per heavy atom. The van der Waals surface area contributed by atoms with Crippen molar-refractivity contribution in [2.24, 2.45) is 0 Å². The van der Waals surface area contributed by atoms with Crippen LogP contribution in [-0.4, -0.2) is 13.1 Å². The molecule has 0 saturated carbocycles. The SMILES string of the molecule is C=C/C=C(\C=C/C)NC(=O)NC. The van der Waals surface area contributed by atoms with Crippen molar-refractivity contribution in [2.75, 3.05) is 7.05 Å². The van der Waals surface area contributed by atoms with Gasteiger partial charge in [-0.05, 0) is 19.1 Å². The molecule has 66 valence electrons. The highest BCUT2D eigenvalue weighted by Gasteiger charge is 1.95. The maximum Gasteiger partial charge on any atom is 0.318 e. The second-order valence-corrected chi connectivity index (χ2v) is 2.06. The van der Waals surface area contributed by atoms with Gasteiger partial charge in [0.2, 0.25) is 0 Å². The minimum Gasteiger partial charge on any atom is -0.341 e. The highest BCUT2D eigenvalue weighted by atomic mass is 16.2. The Morgan fingerprint density at radius 3 is 2.58 bits per heavy atom. The number of nitrogens with one attached hydrogen (secondary N) is 2. The summed E-state index contributed by atoms with van der Waals surface area (Å²) in [5, 5.41) is 5.07. The van der Waals surface area contributed by atoms with Crippen molar-refractivity contribution in [3.63, 3.8) is 0 Å². The molecule has 0 aromatic carbocycles. The van der Waals surface area contributed by atoms with E-state index in [1.165, 1.54) is 0 Å². The molecule has 0 aromatic heterocycles. The third-order valence-electron chi connectivity index (χ3n) is 1.13. The van der Waals surface area contributed by atoms with Crippen LogP contribution in [0.3, 0.4) is 0 Å². The van der Waals surface area contributed by atoms with E-state index in [4.69, 9.17) is 0 Å². The quantitative estimate of drug-likeness (QED) is 0.614. The van der Waals surface area contributed by atoms with Crippen LogP contribution in [0.2, 0.25) is 0 Å². The number of hydrogen-bond donors (Lipinski definition) is 2. The van der Waals surface area contributed by atoms with Crippen LogP contribution in [-0.2, 0) is 0 Å². The molecule has 0 aliphatic carbocycles. The van der Waals surface area contributed by atoms with Crippen LogP contribution in [0, 0.1) is 0 Å². The van der Waals surface area contributed by atoms with Gasteiger partial charge in [-0.3, -0.25) is 0 Å². The number of rotatable bonds is 3. The number of allylic oxidation sites excluding steroid dienone is 4. The van der Waals surface area contributed by atoms with Crippen molar-refractivity contribution in [1.29, 1.82) is 0 Å². The lowest BCUT2D eigenvalue weighted by Crippen LogP contribution is -2.31. The van der Waals surface area contributed by atoms with E-state index >= 15 is 0 Å². The zero-order valence-corrected chi connectivity index (χ0v) is 7.42. The van der Waals surface area contributed by atoms with Gasteiger partial charge in [-0.1, -0.05) is 18.7 Å². The molecule has 0 heterocycles. The summed E-state index contributed by atoms with van der Waals surface area (Å²) >= 11 is 0. The first-order valence-electron chi connectivity index (χ1n) is 3.68. The average molecular weight is 166 g/mol. The molecule has 2 amide bonds. The number of hydrogen-bond acceptors (Lipinski definition) is 1. The Morgan fingerprint density at radius 2 is 2.17 bits per heavy atom. The molecule has 12 heavy (non-hydrogen) atoms. The first-order valence-corrected chi connectivity index (χ1v) is 3.68. The Bertz CT molecular complexity index is 217. The van der Waals surface area contributed by atoms with Gasteiger partial charge in [0.25, 0.3) is 0 Å². The van der Waals surface area contributed by atoms with Gasteiger partial charge in [-0.15, -0.1) is 0 Å². The lowest BCUT2D eigenvalue weighted by molar-refractivity contribution is 0.245. The summed E-state index contributed by atoms with van der Waals surface area (Å²) in [7, 11) is 1.57. The van der Waals surface area contributed by atoms with E-state index in [9.17, 15) is 4.79 Å². The lowest BCUT2D eigenvalue weighted by atomic mass is 10.3. The topological polar surface area (TPSA) is 41.1 Å². The van der Waals surface area contributed by atoms with E-state index in [0.717, 1.165) is 0 Å². The molecular formula is C9H14N2O. The minimum absolute atomic E-state index is 0.235. The molecule has 0 radical (unpaired) electrons. The van der Waals surface area contributed by atoms with Crippen LogP contribution >= 0.6 is 0 Å². The minimum atomic E-state index is -0.235. The first kappa shape index (κ1) is 10.5. The van der Waals surface area contributed by atoms with E-state index in [1.54, 1.807) is 25.3 Å². The van der Waals surface area contributed by atoms with Crippen molar-refractivity contribution in [2.45, 2.75) is 6.92 Å². The molecule has 0 atom stereocenters. The van der Waals surface area contributed by atoms with Crippen molar-refractivity contribution in [1.82, 2.24) is 10.6 Å². The number of amides is 2. The average Bonchev–Trinajstić information content (AvgIpc) is 2.05. The zero-order valence-electron chi connectivity index (χ0n) is 7.42. The van der Waals surface area contributed by atoms with Crippen LogP contribution in [0.4, 0.5) is 4.79 Å². The molecule has 0 saturated heterocycles. The first-order chi connectivity index (χ1) is 5.74. The van der Waals surface area contributed by atoms with Crippen molar-refractivity contribution in [3.8, 4) is 0 Å². The van der Waals surface area contributed by atoms with Crippen molar-refractivity contribution >= 4 is 6.03 Å². The Balaban J connectivity index is 4.23. The standard InChI is InChI=1S/C9H14N2O/c1-4-6-8(7-5-2)11-9(12)10-3/h4-7H,1H2,2-3H3,(H2,10,11,12)/b7-5-,8-6+. The monoisotopic (exact) mass is 166 g/mol. The molecule has 0 aliphatic rings. The highest BCUT2D eigenvalue weighted by molar-refractivity contribution is 5.76. The molecule has 3 nitrogen and oxygen atoms in total. The van der Waals surface area contributed by atoms with Crippen LogP contribution in [0.15, 0.2) is 36.6 Å². The molecular weight excluding hydrogens is 152 g/mol. The van der Waals surface area contributed by atoms with Gasteiger partial charge >= 0.3 is 6.03 Å². The maximum atomic E-state index is 10.8. The fourth-order valence-corrected chi connectivity index (χ4v) is 0.639. The molecule has 0 fully saturated rings. The van der Waals surface area contributed by atoms with E-state index in [2.05, 4.69) is 17.2 Å². The van der Waals surface area contributed by atoms with Gasteiger partial charge in [0.15, 0.2) is 0 Å². The predicted molar refractivity (Wildman–Crippen MR) is 50.7 cm³/mol. The van der Waals surface area contributed by atoms with Crippen LogP contribution in [0.25, 0.3) is 0 Å². The van der Waals surface area contributed by atoms with Crippen LogP contribution < -0.4 is 10.6 Å². The third-order valence-corrected chi connectivity index (χ3v) is 1.13. The van der Waals surface area contributed by atoms with Crippen LogP contribution in [0.5, 0.6) is 0 Å². The van der Waals surface area contributed by atoms with E-state index < -0.39 is 0 Å². The summed E-state index contributed by atoms with van der Waals surface area (Å²) in [6, 6.07) is -0.235. The molecule has 0 bridgehead atoms. The fraction of sp³-hybridized carbons (Fsp3) is 0.222. The molecule has 0 aliphatic heterocycles. The summed E-state index contributed by atoms with van der Waals surface area (Å²) in [5.74, 6) is 0. The summed E-state index contributed by atoms with van der Waals surface area (Å²) in [6.07, 6.45) is 6.96. The summed E-state index contributed by atoms with van der Waals surface area (Å²) in [4.78, 5) is 10.8. The predicted octanol–water partition coefficient (Wildman–Crippen LogP) is 1.56. The Labute approximate surface area is 72.9 Å². The molecule has 3 heteroatoms. The van der Waals surface area contributed by atoms with Crippen molar-refractivity contribution in [3.05, 3.63) is 36.6 Å². The zero-order chi connectivity index (χ0) is 9.40. The largest absolute Gasteiger partial charge is 0.341 e. The van der Waals surface area contributed by atoms with E-state index in [-0.39, 0.29) is 6.03 Å². The smallest absolute Gasteiger partial charge is 0.318 e. The van der Waals surface area contributed by atoms with Crippen LogP contribution in [0.1, 0.15) is 6.92 Å². The van der Waals surface area contributed by atoms with Gasteiger partial charge in [-0.2, -0.15) is 0 Å². The summed E-state index contributed by atoms with van der Waals surface area (Å²) in [6.45, 7) is 5.41. The lowest BCUT2D eigenvalue weighted by Gasteiger charge is -2.03. The van der Waals surface area contributed by atoms with Gasteiger partial charge in [0.1, 0.15) is 0 Å². The van der Waals surface area contributed by atoms with Gasteiger partial charge in [0.05, 0.1) is 0 Å². The summed E-state index contributed by atoms with van der Waals surface area (Å²) in [5.41, 5.74) is 0.715. The number of urea groups is 1. The third kappa shape index (κ3) is 4.33. The molecule has 2 N–H and O–H groups in total. The number of carbonyl (C=O) groups excluding carboxylic acids is 1. The molecule has 0 spiro atoms. The molecule has 0 aromatic rings. The van der Waals surface area contributed by atoms with Gasteiger partial charge < -0.3 is 10.6 Å². The molecule has 0 rings (SSSR count). The Hall–Kier alpha value is -1.51. The summed E-state index contributed by atoms with van der Waals surface area (Å²) < 4.78 is 0. The van der Waals surface area contributed by atoms with E-state index in [0.29, 0.717) is 5.70 Å². The Kier molecular flexibility index (Phi) is 5.43. The highest BCUT2D eigenvalue weighted by Crippen LogP contribution is 1.91. The second-order valence-electron chi connectivity index (χ2n) is 2.06. The van der Waals surface area contributed by atoms with Gasteiger partial charge in [0, 0.05) is 12.7 Å². The normalized spacial score (nSPS) is 11.3.